The van der Waals surface area contributed by atoms with E-state index in [0.717, 1.165) is 29.8 Å². The second-order valence-corrected chi connectivity index (χ2v) is 5.43. The van der Waals surface area contributed by atoms with Crippen LogP contribution in [-0.2, 0) is 0 Å². The first-order valence-electron chi connectivity index (χ1n) is 7.25. The molecule has 0 aliphatic carbocycles. The monoisotopic (exact) mass is 307 g/mol. The van der Waals surface area contributed by atoms with Gasteiger partial charge in [-0.15, -0.1) is 0 Å². The van der Waals surface area contributed by atoms with Crippen molar-refractivity contribution in [3.8, 4) is 0 Å². The quantitative estimate of drug-likeness (QED) is 0.235. The Kier molecular flexibility index (Phi) is 10.8. The van der Waals surface area contributed by atoms with E-state index in [-0.39, 0.29) is 5.37 Å². The van der Waals surface area contributed by atoms with Gasteiger partial charge in [0.25, 0.3) is 0 Å². The van der Waals surface area contributed by atoms with Crippen molar-refractivity contribution in [1.29, 1.82) is 0 Å². The maximum Gasteiger partial charge on any atom is 0.0811 e. The van der Waals surface area contributed by atoms with Gasteiger partial charge in [0.2, 0.25) is 0 Å². The molecule has 1 unspecified atom stereocenters. The fraction of sp³-hybridized carbons (Fsp3) is 0.412. The molecule has 0 radical (unpaired) electrons. The predicted molar refractivity (Wildman–Crippen MR) is 98.0 cm³/mol. The van der Waals surface area contributed by atoms with Gasteiger partial charge >= 0.3 is 0 Å². The smallest absolute Gasteiger partial charge is 0.0811 e. The van der Waals surface area contributed by atoms with Gasteiger partial charge in [0.05, 0.1) is 12.0 Å². The highest BCUT2D eigenvalue weighted by atomic mass is 32.1. The Bertz CT molecular complexity index is 408. The summed E-state index contributed by atoms with van der Waals surface area (Å²) in [6, 6.07) is 0. The van der Waals surface area contributed by atoms with E-state index in [0.29, 0.717) is 6.67 Å². The second kappa shape index (κ2) is 11.4. The minimum Gasteiger partial charge on any atom is -0.358 e. The molecule has 0 saturated carbocycles. The van der Waals surface area contributed by atoms with E-state index in [1.165, 1.54) is 0 Å². The molecular weight excluding hydrogens is 278 g/mol. The van der Waals surface area contributed by atoms with Crippen molar-refractivity contribution in [2.75, 3.05) is 13.2 Å². The zero-order valence-electron chi connectivity index (χ0n) is 13.5. The van der Waals surface area contributed by atoms with E-state index in [1.807, 2.05) is 25.2 Å². The normalized spacial score (nSPS) is 13.2. The van der Waals surface area contributed by atoms with Crippen molar-refractivity contribution in [2.24, 2.45) is 0 Å². The number of rotatable bonds is 11. The van der Waals surface area contributed by atoms with Crippen LogP contribution < -0.4 is 10.9 Å². The van der Waals surface area contributed by atoms with Gasteiger partial charge in [0.1, 0.15) is 0 Å². The molecule has 0 aliphatic rings. The van der Waals surface area contributed by atoms with Crippen LogP contribution in [0.2, 0.25) is 0 Å². The van der Waals surface area contributed by atoms with E-state index in [1.54, 1.807) is 6.08 Å². The third kappa shape index (κ3) is 8.60. The summed E-state index contributed by atoms with van der Waals surface area (Å²) in [5.74, 6) is 0. The predicted octanol–water partition coefficient (Wildman–Crippen LogP) is 3.78. The van der Waals surface area contributed by atoms with Crippen molar-refractivity contribution in [2.45, 2.75) is 32.6 Å². The first-order valence-corrected chi connectivity index (χ1v) is 7.77. The SMILES string of the molecule is C=C/C=C(\C=C/C(=C)C(=C)CC)N(CC)CNNC(C)S. The maximum atomic E-state index is 4.27. The van der Waals surface area contributed by atoms with Gasteiger partial charge in [0.15, 0.2) is 0 Å². The molecule has 0 aromatic rings. The van der Waals surface area contributed by atoms with Crippen LogP contribution in [0.3, 0.4) is 0 Å². The molecule has 0 rings (SSSR count). The molecule has 1 atom stereocenters. The number of hydrazine groups is 1. The topological polar surface area (TPSA) is 27.3 Å². The summed E-state index contributed by atoms with van der Waals surface area (Å²) in [6.07, 6.45) is 8.72. The van der Waals surface area contributed by atoms with Crippen molar-refractivity contribution in [3.63, 3.8) is 0 Å². The van der Waals surface area contributed by atoms with Crippen LogP contribution in [0.4, 0.5) is 0 Å². The van der Waals surface area contributed by atoms with Gasteiger partial charge in [-0.05, 0) is 43.6 Å². The highest BCUT2D eigenvalue weighted by Crippen LogP contribution is 2.13. The Labute approximate surface area is 135 Å². The lowest BCUT2D eigenvalue weighted by molar-refractivity contribution is 0.313. The summed E-state index contributed by atoms with van der Waals surface area (Å²) in [4.78, 5) is 2.18. The number of thiol groups is 1. The summed E-state index contributed by atoms with van der Waals surface area (Å²) < 4.78 is 0. The highest BCUT2D eigenvalue weighted by molar-refractivity contribution is 7.80. The van der Waals surface area contributed by atoms with Crippen LogP contribution >= 0.6 is 12.6 Å². The van der Waals surface area contributed by atoms with E-state index in [2.05, 4.69) is 62.0 Å². The Hall–Kier alpha value is -1.23. The maximum absolute atomic E-state index is 4.27. The van der Waals surface area contributed by atoms with Crippen LogP contribution in [-0.4, -0.2) is 23.5 Å². The van der Waals surface area contributed by atoms with Crippen LogP contribution in [0, 0.1) is 0 Å². The summed E-state index contributed by atoms with van der Waals surface area (Å²) in [5, 5.41) is 0.0961. The number of likely N-dealkylation sites (N-methyl/N-ethyl adjacent to an activating group) is 1. The molecule has 0 aliphatic heterocycles. The first kappa shape index (κ1) is 19.8. The van der Waals surface area contributed by atoms with Crippen molar-refractivity contribution in [3.05, 3.63) is 60.9 Å². The van der Waals surface area contributed by atoms with E-state index in [4.69, 9.17) is 0 Å². The largest absolute Gasteiger partial charge is 0.358 e. The zero-order valence-corrected chi connectivity index (χ0v) is 14.4. The Morgan fingerprint density at radius 2 is 1.95 bits per heavy atom. The fourth-order valence-electron chi connectivity index (χ4n) is 1.59. The van der Waals surface area contributed by atoms with Gasteiger partial charge in [-0.1, -0.05) is 38.8 Å². The van der Waals surface area contributed by atoms with Gasteiger partial charge < -0.3 is 4.90 Å². The Morgan fingerprint density at radius 1 is 1.29 bits per heavy atom. The van der Waals surface area contributed by atoms with Crippen LogP contribution in [0.5, 0.6) is 0 Å². The first-order chi connectivity index (χ1) is 9.96. The molecule has 3 nitrogen and oxygen atoms in total. The van der Waals surface area contributed by atoms with E-state index >= 15 is 0 Å². The number of allylic oxidation sites excluding steroid dienone is 6. The summed E-state index contributed by atoms with van der Waals surface area (Å²) in [5.41, 5.74) is 9.29. The Morgan fingerprint density at radius 3 is 2.43 bits per heavy atom. The highest BCUT2D eigenvalue weighted by Gasteiger charge is 2.04. The molecule has 0 aromatic heterocycles. The minimum atomic E-state index is 0.0961. The average Bonchev–Trinajstić information content (AvgIpc) is 2.46. The molecule has 4 heteroatoms. The molecule has 0 aromatic carbocycles. The van der Waals surface area contributed by atoms with Gasteiger partial charge in [-0.2, -0.15) is 12.6 Å². The van der Waals surface area contributed by atoms with E-state index in [9.17, 15) is 0 Å². The molecule has 0 bridgehead atoms. The van der Waals surface area contributed by atoms with Crippen molar-refractivity contribution >= 4 is 12.6 Å². The molecule has 0 heterocycles. The fourth-order valence-corrected chi connectivity index (χ4v) is 1.68. The standard InChI is InChI=1S/C17H29N3S/c1-7-10-17(12-11-15(5)14(4)8-2)20(9-3)13-18-19-16(6)21/h7,10-12,16,18-19,21H,1,4-5,8-9,13H2,2-3,6H3/b12-11-,17-10+. The molecule has 0 fully saturated rings. The molecular formula is C17H29N3S. The van der Waals surface area contributed by atoms with Crippen molar-refractivity contribution in [1.82, 2.24) is 15.8 Å². The minimum absolute atomic E-state index is 0.0961. The zero-order chi connectivity index (χ0) is 16.3. The molecule has 21 heavy (non-hydrogen) atoms. The molecule has 118 valence electrons. The van der Waals surface area contributed by atoms with Crippen LogP contribution in [0.1, 0.15) is 27.2 Å². The lowest BCUT2D eigenvalue weighted by atomic mass is 10.1. The third-order valence-corrected chi connectivity index (χ3v) is 3.08. The van der Waals surface area contributed by atoms with Crippen molar-refractivity contribution < 1.29 is 0 Å². The molecule has 0 amide bonds. The molecule has 2 N–H and O–H groups in total. The summed E-state index contributed by atoms with van der Waals surface area (Å²) in [6.45, 7) is 19.5. The third-order valence-electron chi connectivity index (χ3n) is 2.95. The van der Waals surface area contributed by atoms with Crippen LogP contribution in [0.15, 0.2) is 60.9 Å². The van der Waals surface area contributed by atoms with Gasteiger partial charge in [-0.3, -0.25) is 0 Å². The number of nitrogens with one attached hydrogen (secondary N) is 2. The Balaban J connectivity index is 4.81. The lowest BCUT2D eigenvalue weighted by Gasteiger charge is -2.25. The number of nitrogens with zero attached hydrogens (tertiary/aromatic N) is 1. The van der Waals surface area contributed by atoms with Crippen LogP contribution in [0.25, 0.3) is 0 Å². The summed E-state index contributed by atoms with van der Waals surface area (Å²) >= 11 is 4.27. The van der Waals surface area contributed by atoms with Gasteiger partial charge in [0, 0.05) is 12.2 Å². The van der Waals surface area contributed by atoms with E-state index < -0.39 is 0 Å². The average molecular weight is 308 g/mol. The number of hydrogen-bond donors (Lipinski definition) is 3. The van der Waals surface area contributed by atoms with Gasteiger partial charge in [-0.25, -0.2) is 10.9 Å². The number of hydrogen-bond acceptors (Lipinski definition) is 4. The molecule has 0 saturated heterocycles. The summed E-state index contributed by atoms with van der Waals surface area (Å²) in [7, 11) is 0. The molecule has 0 spiro atoms. The second-order valence-electron chi connectivity index (χ2n) is 4.65. The lowest BCUT2D eigenvalue weighted by Crippen LogP contribution is -2.43.